The van der Waals surface area contributed by atoms with Crippen LogP contribution in [0.5, 0.6) is 0 Å². The molecule has 1 aliphatic rings. The molecule has 1 fully saturated rings. The third-order valence-electron chi connectivity index (χ3n) is 4.52. The molecule has 6 heteroatoms. The number of aromatic nitrogens is 1. The fraction of sp³-hybridized carbons (Fsp3) is 0.667. The minimum Gasteiger partial charge on any atom is -0.373 e. The number of nitrogens with zero attached hydrogens (tertiary/aromatic N) is 2. The molecule has 0 radical (unpaired) electrons. The van der Waals surface area contributed by atoms with Crippen LogP contribution in [0.3, 0.4) is 0 Å². The Hall–Kier alpha value is -1.82. The molecule has 6 nitrogen and oxygen atoms in total. The lowest BCUT2D eigenvalue weighted by molar-refractivity contribution is 0.0243. The molecular weight excluding hydrogens is 304 g/mol. The molecule has 24 heavy (non-hydrogen) atoms. The van der Waals surface area contributed by atoms with Crippen LogP contribution in [0, 0.1) is 6.92 Å². The van der Waals surface area contributed by atoms with Crippen LogP contribution in [0.15, 0.2) is 28.0 Å². The molecule has 1 unspecified atom stereocenters. The van der Waals surface area contributed by atoms with Gasteiger partial charge in [-0.1, -0.05) is 6.07 Å². The van der Waals surface area contributed by atoms with E-state index in [-0.39, 0.29) is 11.2 Å². The van der Waals surface area contributed by atoms with Crippen molar-refractivity contribution in [3.63, 3.8) is 0 Å². The minimum atomic E-state index is -0.0797. The van der Waals surface area contributed by atoms with Gasteiger partial charge in [-0.25, -0.2) is 0 Å². The number of guanidine groups is 1. The van der Waals surface area contributed by atoms with Gasteiger partial charge in [0, 0.05) is 45.0 Å². The molecule has 1 saturated heterocycles. The molecule has 1 aromatic heterocycles. The van der Waals surface area contributed by atoms with Crippen molar-refractivity contribution >= 4 is 5.96 Å². The van der Waals surface area contributed by atoms with E-state index in [2.05, 4.69) is 22.5 Å². The van der Waals surface area contributed by atoms with E-state index in [1.165, 1.54) is 0 Å². The average Bonchev–Trinajstić information content (AvgIpc) is 2.99. The number of aliphatic imine (C=N–C) groups is 1. The fourth-order valence-corrected chi connectivity index (χ4v) is 2.98. The molecule has 0 saturated carbocycles. The van der Waals surface area contributed by atoms with Gasteiger partial charge in [0.05, 0.1) is 5.60 Å². The first kappa shape index (κ1) is 18.5. The number of rotatable bonds is 7. The molecule has 1 aromatic rings. The zero-order chi connectivity index (χ0) is 17.4. The summed E-state index contributed by atoms with van der Waals surface area (Å²) < 4.78 is 7.60. The lowest BCUT2D eigenvalue weighted by Crippen LogP contribution is -2.45. The van der Waals surface area contributed by atoms with E-state index in [1.807, 2.05) is 17.6 Å². The summed E-state index contributed by atoms with van der Waals surface area (Å²) in [4.78, 5) is 16.1. The number of nitrogens with one attached hydrogen (secondary N) is 2. The first-order valence-corrected chi connectivity index (χ1v) is 8.79. The topological polar surface area (TPSA) is 67.7 Å². The quantitative estimate of drug-likeness (QED) is 0.452. The number of pyridine rings is 1. The van der Waals surface area contributed by atoms with Gasteiger partial charge in [0.2, 0.25) is 0 Å². The van der Waals surface area contributed by atoms with Crippen molar-refractivity contribution in [1.29, 1.82) is 0 Å². The summed E-state index contributed by atoms with van der Waals surface area (Å²) in [6.45, 7) is 7.31. The molecule has 0 aromatic carbocycles. The van der Waals surface area contributed by atoms with Crippen LogP contribution < -0.4 is 16.2 Å². The van der Waals surface area contributed by atoms with Gasteiger partial charge in [-0.15, -0.1) is 0 Å². The predicted molar refractivity (Wildman–Crippen MR) is 97.6 cm³/mol. The maximum absolute atomic E-state index is 11.8. The molecule has 0 spiro atoms. The first-order valence-electron chi connectivity index (χ1n) is 8.79. The molecule has 134 valence electrons. The molecule has 2 heterocycles. The highest BCUT2D eigenvalue weighted by Crippen LogP contribution is 2.23. The molecule has 0 bridgehead atoms. The summed E-state index contributed by atoms with van der Waals surface area (Å²) in [5, 5.41) is 6.66. The average molecular weight is 334 g/mol. The number of unbranched alkanes of at least 4 members (excludes halogenated alkanes) is 1. The van der Waals surface area contributed by atoms with Crippen LogP contribution >= 0.6 is 0 Å². The molecule has 0 aliphatic carbocycles. The van der Waals surface area contributed by atoms with E-state index >= 15 is 0 Å². The SMILES string of the molecule is CN=C(NCCCCn1c(C)cccc1=O)NCC1(C)CCCO1. The van der Waals surface area contributed by atoms with E-state index in [0.29, 0.717) is 0 Å². The van der Waals surface area contributed by atoms with Gasteiger partial charge >= 0.3 is 0 Å². The maximum Gasteiger partial charge on any atom is 0.250 e. The molecule has 1 aliphatic heterocycles. The molecule has 0 amide bonds. The van der Waals surface area contributed by atoms with Gasteiger partial charge < -0.3 is 19.9 Å². The Morgan fingerprint density at radius 3 is 2.88 bits per heavy atom. The number of aryl methyl sites for hydroxylation is 1. The van der Waals surface area contributed by atoms with Crippen molar-refractivity contribution in [3.8, 4) is 0 Å². The van der Waals surface area contributed by atoms with Gasteiger partial charge in [0.15, 0.2) is 5.96 Å². The summed E-state index contributed by atoms with van der Waals surface area (Å²) in [7, 11) is 1.78. The highest BCUT2D eigenvalue weighted by molar-refractivity contribution is 5.79. The number of hydrogen-bond acceptors (Lipinski definition) is 3. The van der Waals surface area contributed by atoms with Crippen molar-refractivity contribution in [2.75, 3.05) is 26.7 Å². The molecular formula is C18H30N4O2. The third kappa shape index (κ3) is 5.37. The molecule has 1 atom stereocenters. The van der Waals surface area contributed by atoms with E-state index in [1.54, 1.807) is 19.2 Å². The van der Waals surface area contributed by atoms with Crippen molar-refractivity contribution in [3.05, 3.63) is 34.2 Å². The first-order chi connectivity index (χ1) is 11.5. The Kier molecular flexibility index (Phi) is 6.85. The van der Waals surface area contributed by atoms with Crippen LogP contribution in [-0.2, 0) is 11.3 Å². The van der Waals surface area contributed by atoms with Crippen LogP contribution in [0.25, 0.3) is 0 Å². The maximum atomic E-state index is 11.8. The summed E-state index contributed by atoms with van der Waals surface area (Å²) in [5.41, 5.74) is 1.01. The fourth-order valence-electron chi connectivity index (χ4n) is 2.98. The van der Waals surface area contributed by atoms with E-state index in [4.69, 9.17) is 4.74 Å². The zero-order valence-corrected chi connectivity index (χ0v) is 15.1. The third-order valence-corrected chi connectivity index (χ3v) is 4.52. The molecule has 2 rings (SSSR count). The second-order valence-electron chi connectivity index (χ2n) is 6.62. The largest absolute Gasteiger partial charge is 0.373 e. The van der Waals surface area contributed by atoms with Crippen LogP contribution in [0.4, 0.5) is 0 Å². The van der Waals surface area contributed by atoms with Gasteiger partial charge in [-0.2, -0.15) is 0 Å². The van der Waals surface area contributed by atoms with Crippen LogP contribution in [0.2, 0.25) is 0 Å². The monoisotopic (exact) mass is 334 g/mol. The van der Waals surface area contributed by atoms with Crippen molar-refractivity contribution in [2.24, 2.45) is 4.99 Å². The van der Waals surface area contributed by atoms with Crippen LogP contribution in [0.1, 0.15) is 38.3 Å². The normalized spacial score (nSPS) is 21.0. The van der Waals surface area contributed by atoms with Gasteiger partial charge in [-0.05, 0) is 45.6 Å². The smallest absolute Gasteiger partial charge is 0.250 e. The van der Waals surface area contributed by atoms with Crippen molar-refractivity contribution in [2.45, 2.75) is 51.7 Å². The number of hydrogen-bond donors (Lipinski definition) is 2. The van der Waals surface area contributed by atoms with Gasteiger partial charge in [0.25, 0.3) is 5.56 Å². The second-order valence-corrected chi connectivity index (χ2v) is 6.62. The standard InChI is InChI=1S/C18H30N4O2/c1-15-8-6-9-16(23)22(15)12-5-4-11-20-17(19-3)21-14-18(2)10-7-13-24-18/h6,8-9H,4-5,7,10-14H2,1-3H3,(H2,19,20,21). The lowest BCUT2D eigenvalue weighted by atomic mass is 10.0. The Morgan fingerprint density at radius 1 is 1.38 bits per heavy atom. The Bertz CT molecular complexity index is 603. The van der Waals surface area contributed by atoms with Gasteiger partial charge in [-0.3, -0.25) is 9.79 Å². The summed E-state index contributed by atoms with van der Waals surface area (Å²) in [6, 6.07) is 5.39. The molecule has 2 N–H and O–H groups in total. The van der Waals surface area contributed by atoms with E-state index in [0.717, 1.165) is 63.6 Å². The minimum absolute atomic E-state index is 0.0743. The van der Waals surface area contributed by atoms with E-state index < -0.39 is 0 Å². The summed E-state index contributed by atoms with van der Waals surface area (Å²) in [6.07, 6.45) is 4.15. The second kappa shape index (κ2) is 8.87. The predicted octanol–water partition coefficient (Wildman–Crippen LogP) is 1.67. The highest BCUT2D eigenvalue weighted by Gasteiger charge is 2.29. The Labute approximate surface area is 144 Å². The van der Waals surface area contributed by atoms with Crippen LogP contribution in [-0.4, -0.2) is 42.9 Å². The summed E-state index contributed by atoms with van der Waals surface area (Å²) >= 11 is 0. The Balaban J connectivity index is 1.66. The zero-order valence-electron chi connectivity index (χ0n) is 15.1. The number of ether oxygens (including phenoxy) is 1. The Morgan fingerprint density at radius 2 is 2.21 bits per heavy atom. The highest BCUT2D eigenvalue weighted by atomic mass is 16.5. The van der Waals surface area contributed by atoms with E-state index in [9.17, 15) is 4.79 Å². The van der Waals surface area contributed by atoms with Crippen molar-refractivity contribution < 1.29 is 4.74 Å². The lowest BCUT2D eigenvalue weighted by Gasteiger charge is -2.24. The van der Waals surface area contributed by atoms with Gasteiger partial charge in [0.1, 0.15) is 0 Å². The summed E-state index contributed by atoms with van der Waals surface area (Å²) in [5.74, 6) is 0.805. The van der Waals surface area contributed by atoms with Crippen molar-refractivity contribution in [1.82, 2.24) is 15.2 Å².